The van der Waals surface area contributed by atoms with Crippen LogP contribution in [0, 0.1) is 36.5 Å². The van der Waals surface area contributed by atoms with Gasteiger partial charge in [0.1, 0.15) is 11.8 Å². The van der Waals surface area contributed by atoms with Crippen LogP contribution >= 0.6 is 8.96 Å². The summed E-state index contributed by atoms with van der Waals surface area (Å²) in [7, 11) is 0.196. The van der Waals surface area contributed by atoms with Crippen molar-refractivity contribution < 1.29 is 9.26 Å². The molecule has 1 aliphatic heterocycles. The van der Waals surface area contributed by atoms with Crippen molar-refractivity contribution in [1.82, 2.24) is 14.6 Å². The molecule has 1 fully saturated rings. The van der Waals surface area contributed by atoms with Crippen LogP contribution in [0.25, 0.3) is 0 Å². The summed E-state index contributed by atoms with van der Waals surface area (Å²) in [5.74, 6) is 11.0. The fourth-order valence-corrected chi connectivity index (χ4v) is 3.75. The molecule has 2 N–H and O–H groups in total. The normalized spacial score (nSPS) is 17.9. The molecule has 7 nitrogen and oxygen atoms in total. The zero-order valence-electron chi connectivity index (χ0n) is 17.7. The Labute approximate surface area is 185 Å². The topological polar surface area (TPSA) is 85.3 Å². The molecule has 2 heterocycles. The molecule has 1 aromatic rings. The number of ether oxygens (including phenoxy) is 1. The van der Waals surface area contributed by atoms with Crippen molar-refractivity contribution in [3.05, 3.63) is 32.6 Å². The molecule has 3 atom stereocenters. The maximum absolute atomic E-state index is 12.3. The van der Waals surface area contributed by atoms with Gasteiger partial charge < -0.3 is 9.26 Å². The number of nitrogens with zero attached hydrogens (tertiary/aromatic N) is 1. The number of unbranched alkanes of at least 4 members (excludes halogenated alkanes) is 5. The first-order valence-corrected chi connectivity index (χ1v) is 11.5. The maximum Gasteiger partial charge on any atom is 0.330 e. The Morgan fingerprint density at radius 3 is 2.68 bits per heavy atom. The zero-order valence-corrected chi connectivity index (χ0v) is 18.7. The van der Waals surface area contributed by atoms with Gasteiger partial charge in [-0.15, -0.1) is 24.7 Å². The number of aromatic amines is 1. The summed E-state index contributed by atoms with van der Waals surface area (Å²) < 4.78 is 13.0. The number of aromatic nitrogens is 2. The highest BCUT2D eigenvalue weighted by atomic mass is 31.1. The number of nitrogens with one attached hydrogen (secondary N) is 2. The van der Waals surface area contributed by atoms with Crippen LogP contribution in [0.4, 0.5) is 0 Å². The fraction of sp³-hybridized carbons (Fsp3) is 0.565. The van der Waals surface area contributed by atoms with Crippen molar-refractivity contribution in [2.75, 3.05) is 13.2 Å². The molecule has 1 saturated heterocycles. The fourth-order valence-electron chi connectivity index (χ4n) is 3.09. The lowest BCUT2D eigenvalue weighted by Crippen LogP contribution is -2.34. The van der Waals surface area contributed by atoms with Crippen LogP contribution in [0.5, 0.6) is 0 Å². The third-order valence-corrected chi connectivity index (χ3v) is 5.45. The van der Waals surface area contributed by atoms with E-state index < -0.39 is 17.5 Å². The molecular weight excluding hydrogens is 413 g/mol. The van der Waals surface area contributed by atoms with E-state index in [4.69, 9.17) is 22.1 Å². The number of terminal acetylenes is 2. The molecule has 2 unspecified atom stereocenters. The molecule has 166 valence electrons. The predicted molar refractivity (Wildman–Crippen MR) is 124 cm³/mol. The van der Waals surface area contributed by atoms with Gasteiger partial charge in [0.05, 0.1) is 21.7 Å². The highest BCUT2D eigenvalue weighted by molar-refractivity contribution is 7.29. The summed E-state index contributed by atoms with van der Waals surface area (Å²) in [6, 6.07) is 0. The summed E-state index contributed by atoms with van der Waals surface area (Å²) in [5.41, 5.74) is -0.698. The molecule has 0 amide bonds. The van der Waals surface area contributed by atoms with E-state index in [2.05, 4.69) is 33.8 Å². The lowest BCUT2D eigenvalue weighted by molar-refractivity contribution is 0.00201. The number of hydrogen-bond acceptors (Lipinski definition) is 5. The summed E-state index contributed by atoms with van der Waals surface area (Å²) in [4.78, 5) is 26.6. The van der Waals surface area contributed by atoms with E-state index in [1.807, 2.05) is 0 Å². The molecule has 1 aliphatic rings. The van der Waals surface area contributed by atoms with Crippen molar-refractivity contribution >= 4 is 8.96 Å². The molecule has 8 heteroatoms. The van der Waals surface area contributed by atoms with Crippen molar-refractivity contribution in [2.45, 2.75) is 70.1 Å². The molecule has 0 spiro atoms. The van der Waals surface area contributed by atoms with Crippen LogP contribution in [0.15, 0.2) is 15.8 Å². The van der Waals surface area contributed by atoms with Crippen LogP contribution in [-0.4, -0.2) is 28.8 Å². The van der Waals surface area contributed by atoms with Crippen LogP contribution in [0.1, 0.15) is 69.6 Å². The Balaban J connectivity index is 1.81. The van der Waals surface area contributed by atoms with Crippen LogP contribution in [0.2, 0.25) is 0 Å². The van der Waals surface area contributed by atoms with Gasteiger partial charge in [-0.3, -0.25) is 19.4 Å². The first-order valence-electron chi connectivity index (χ1n) is 10.6. The first-order chi connectivity index (χ1) is 15.2. The van der Waals surface area contributed by atoms with Gasteiger partial charge >= 0.3 is 5.69 Å². The molecule has 1 aromatic heterocycles. The second-order valence-electron chi connectivity index (χ2n) is 7.21. The number of hydrogen-bond donors (Lipinski definition) is 2. The summed E-state index contributed by atoms with van der Waals surface area (Å²) in [6.07, 6.45) is 18.9. The molecular formula is C23H30N3O4P. The monoisotopic (exact) mass is 443 g/mol. The summed E-state index contributed by atoms with van der Waals surface area (Å²) >= 11 is 0. The Bertz CT molecular complexity index is 945. The lowest BCUT2D eigenvalue weighted by Gasteiger charge is -2.16. The number of rotatable bonds is 12. The number of H-pyrrole nitrogens is 1. The summed E-state index contributed by atoms with van der Waals surface area (Å²) in [6.45, 7) is 1.32. The standard InChI is InChI=1S/C23H30N3O4P/c1-3-5-7-9-10-11-13-19-18-26(23(28)25-22(19)27)21-15-14-20(30-21)17-24-31-29-16-12-8-6-4-2/h1-2,18,20-21,24,31H,5-10,12,14-17H2,(H,25,27,28)/t20-,21?/m0/s1. The van der Waals surface area contributed by atoms with E-state index in [1.165, 1.54) is 10.8 Å². The van der Waals surface area contributed by atoms with E-state index in [-0.39, 0.29) is 20.6 Å². The average molecular weight is 443 g/mol. The van der Waals surface area contributed by atoms with Gasteiger partial charge in [-0.1, -0.05) is 11.8 Å². The van der Waals surface area contributed by atoms with Crippen molar-refractivity contribution in [3.8, 4) is 36.5 Å². The van der Waals surface area contributed by atoms with Gasteiger partial charge in [0.2, 0.25) is 0 Å². The van der Waals surface area contributed by atoms with E-state index in [1.54, 1.807) is 0 Å². The smallest absolute Gasteiger partial charge is 0.330 e. The van der Waals surface area contributed by atoms with E-state index >= 15 is 0 Å². The van der Waals surface area contributed by atoms with Crippen molar-refractivity contribution in [3.63, 3.8) is 0 Å². The SMILES string of the molecule is C#CCCCCC#Cc1cn(C2CC[C@@H](CNPOCCCCC#C)O2)c(=O)[nH]c1=O. The minimum atomic E-state index is -0.486. The van der Waals surface area contributed by atoms with Gasteiger partial charge in [0.25, 0.3) is 5.56 Å². The first kappa shape index (κ1) is 24.9. The minimum Gasteiger partial charge on any atom is -0.353 e. The third-order valence-electron chi connectivity index (χ3n) is 4.75. The van der Waals surface area contributed by atoms with E-state index in [9.17, 15) is 9.59 Å². The highest BCUT2D eigenvalue weighted by Gasteiger charge is 2.27. The van der Waals surface area contributed by atoms with Gasteiger partial charge in [0.15, 0.2) is 0 Å². The van der Waals surface area contributed by atoms with Crippen molar-refractivity contribution in [1.29, 1.82) is 0 Å². The Morgan fingerprint density at radius 1 is 1.16 bits per heavy atom. The van der Waals surface area contributed by atoms with Crippen LogP contribution in [0.3, 0.4) is 0 Å². The summed E-state index contributed by atoms with van der Waals surface area (Å²) in [5, 5.41) is 3.23. The molecule has 0 saturated carbocycles. The molecule has 0 bridgehead atoms. The van der Waals surface area contributed by atoms with Gasteiger partial charge in [-0.05, 0) is 38.5 Å². The predicted octanol–water partition coefficient (Wildman–Crippen LogP) is 2.68. The molecule has 0 aliphatic carbocycles. The highest BCUT2D eigenvalue weighted by Crippen LogP contribution is 2.27. The average Bonchev–Trinajstić information content (AvgIpc) is 3.22. The largest absolute Gasteiger partial charge is 0.353 e. The van der Waals surface area contributed by atoms with Gasteiger partial charge in [-0.25, -0.2) is 4.79 Å². The maximum atomic E-state index is 12.3. The Hall–Kier alpha value is -2.33. The second-order valence-corrected chi connectivity index (χ2v) is 8.05. The second kappa shape index (κ2) is 14.6. The van der Waals surface area contributed by atoms with Crippen molar-refractivity contribution in [2.24, 2.45) is 0 Å². The molecule has 2 rings (SSSR count). The Morgan fingerprint density at radius 2 is 1.90 bits per heavy atom. The van der Waals surface area contributed by atoms with Crippen LogP contribution in [-0.2, 0) is 9.26 Å². The molecule has 31 heavy (non-hydrogen) atoms. The van der Waals surface area contributed by atoms with Gasteiger partial charge in [-0.2, -0.15) is 0 Å². The van der Waals surface area contributed by atoms with Crippen LogP contribution < -0.4 is 16.3 Å². The minimum absolute atomic E-state index is 0.0212. The lowest BCUT2D eigenvalue weighted by atomic mass is 10.2. The molecule has 0 aromatic carbocycles. The Kier molecular flexibility index (Phi) is 11.8. The quantitative estimate of drug-likeness (QED) is 0.295. The third kappa shape index (κ3) is 9.14. The van der Waals surface area contributed by atoms with E-state index in [0.717, 1.165) is 44.9 Å². The zero-order chi connectivity index (χ0) is 22.3. The molecule has 0 radical (unpaired) electrons. The van der Waals surface area contributed by atoms with E-state index in [0.29, 0.717) is 26.0 Å². The van der Waals surface area contributed by atoms with Gasteiger partial charge in [0, 0.05) is 32.0 Å².